The van der Waals surface area contributed by atoms with Crippen molar-refractivity contribution < 1.29 is 14.3 Å². The first-order valence-corrected chi connectivity index (χ1v) is 8.25. The monoisotopic (exact) mass is 340 g/mol. The Morgan fingerprint density at radius 3 is 2.12 bits per heavy atom. The highest BCUT2D eigenvalue weighted by molar-refractivity contribution is 6.06. The molecule has 2 aromatic carbocycles. The van der Waals surface area contributed by atoms with Crippen LogP contribution in [0.1, 0.15) is 48.4 Å². The van der Waals surface area contributed by atoms with E-state index in [2.05, 4.69) is 10.6 Å². The van der Waals surface area contributed by atoms with Crippen LogP contribution in [-0.2, 0) is 0 Å². The second-order valence-electron chi connectivity index (χ2n) is 6.70. The Bertz CT molecular complexity index is 746. The number of nitrogens with one attached hydrogen (secondary N) is 2. The van der Waals surface area contributed by atoms with Crippen LogP contribution in [-0.4, -0.2) is 24.0 Å². The van der Waals surface area contributed by atoms with Gasteiger partial charge in [-0.25, -0.2) is 0 Å². The zero-order valence-corrected chi connectivity index (χ0v) is 15.1. The molecule has 5 nitrogen and oxygen atoms in total. The van der Waals surface area contributed by atoms with Crippen LogP contribution in [0.15, 0.2) is 48.5 Å². The van der Waals surface area contributed by atoms with Gasteiger partial charge in [-0.1, -0.05) is 6.07 Å². The molecule has 0 saturated carbocycles. The van der Waals surface area contributed by atoms with E-state index in [0.29, 0.717) is 23.4 Å². The number of hydrogen-bond acceptors (Lipinski definition) is 3. The van der Waals surface area contributed by atoms with Crippen molar-refractivity contribution in [2.45, 2.75) is 33.2 Å². The van der Waals surface area contributed by atoms with E-state index in [1.54, 1.807) is 48.5 Å². The largest absolute Gasteiger partial charge is 0.494 e. The second-order valence-corrected chi connectivity index (χ2v) is 6.70. The third kappa shape index (κ3) is 5.64. The van der Waals surface area contributed by atoms with Crippen LogP contribution >= 0.6 is 0 Å². The summed E-state index contributed by atoms with van der Waals surface area (Å²) in [6.45, 7) is 8.24. The number of rotatable bonds is 5. The van der Waals surface area contributed by atoms with Crippen LogP contribution in [0.5, 0.6) is 5.75 Å². The quantitative estimate of drug-likeness (QED) is 0.868. The lowest BCUT2D eigenvalue weighted by molar-refractivity contribution is 0.0919. The summed E-state index contributed by atoms with van der Waals surface area (Å²) in [5, 5.41) is 5.70. The number of ether oxygens (including phenoxy) is 1. The summed E-state index contributed by atoms with van der Waals surface area (Å²) in [6.07, 6.45) is 0. The van der Waals surface area contributed by atoms with Crippen molar-refractivity contribution in [2.75, 3.05) is 11.9 Å². The molecule has 132 valence electrons. The highest BCUT2D eigenvalue weighted by atomic mass is 16.5. The fraction of sp³-hybridized carbons (Fsp3) is 0.300. The molecule has 25 heavy (non-hydrogen) atoms. The van der Waals surface area contributed by atoms with Crippen LogP contribution in [0, 0.1) is 0 Å². The lowest BCUT2D eigenvalue weighted by atomic mass is 10.1. The molecule has 2 rings (SSSR count). The summed E-state index contributed by atoms with van der Waals surface area (Å²) < 4.78 is 5.38. The molecule has 2 amide bonds. The summed E-state index contributed by atoms with van der Waals surface area (Å²) in [7, 11) is 0. The third-order valence-corrected chi connectivity index (χ3v) is 3.30. The van der Waals surface area contributed by atoms with Crippen molar-refractivity contribution in [3.8, 4) is 5.75 Å². The maximum Gasteiger partial charge on any atom is 0.255 e. The fourth-order valence-corrected chi connectivity index (χ4v) is 2.22. The Kier molecular flexibility index (Phi) is 5.80. The molecule has 0 radical (unpaired) electrons. The zero-order valence-electron chi connectivity index (χ0n) is 15.1. The Morgan fingerprint density at radius 2 is 1.56 bits per heavy atom. The van der Waals surface area contributed by atoms with Gasteiger partial charge in [-0.15, -0.1) is 0 Å². The Labute approximate surface area is 148 Å². The van der Waals surface area contributed by atoms with E-state index in [1.807, 2.05) is 27.7 Å². The average molecular weight is 340 g/mol. The van der Waals surface area contributed by atoms with Gasteiger partial charge in [0.25, 0.3) is 11.8 Å². The van der Waals surface area contributed by atoms with Gasteiger partial charge in [0.05, 0.1) is 6.61 Å². The standard InChI is InChI=1S/C20H24N2O3/c1-5-25-17-11-9-16(10-12-17)21-18(23)14-7-6-8-15(13-14)19(24)22-20(2,3)4/h6-13H,5H2,1-4H3,(H,21,23)(H,22,24). The van der Waals surface area contributed by atoms with Crippen molar-refractivity contribution in [1.29, 1.82) is 0 Å². The highest BCUT2D eigenvalue weighted by Crippen LogP contribution is 2.17. The molecule has 0 aliphatic heterocycles. The average Bonchev–Trinajstić information content (AvgIpc) is 2.55. The minimum Gasteiger partial charge on any atom is -0.494 e. The molecule has 0 atom stereocenters. The van der Waals surface area contributed by atoms with Gasteiger partial charge in [0.15, 0.2) is 0 Å². The van der Waals surface area contributed by atoms with Gasteiger partial charge in [0, 0.05) is 22.4 Å². The molecule has 0 unspecified atom stereocenters. The molecular formula is C20H24N2O3. The minimum absolute atomic E-state index is 0.205. The van der Waals surface area contributed by atoms with Gasteiger partial charge < -0.3 is 15.4 Å². The minimum atomic E-state index is -0.336. The predicted molar refractivity (Wildman–Crippen MR) is 99.2 cm³/mol. The first-order chi connectivity index (χ1) is 11.8. The molecule has 2 N–H and O–H groups in total. The van der Waals surface area contributed by atoms with Crippen LogP contribution in [0.2, 0.25) is 0 Å². The first-order valence-electron chi connectivity index (χ1n) is 8.25. The topological polar surface area (TPSA) is 67.4 Å². The molecular weight excluding hydrogens is 316 g/mol. The van der Waals surface area contributed by atoms with Crippen molar-refractivity contribution in [3.05, 3.63) is 59.7 Å². The number of amides is 2. The highest BCUT2D eigenvalue weighted by Gasteiger charge is 2.16. The van der Waals surface area contributed by atoms with Crippen LogP contribution in [0.3, 0.4) is 0 Å². The van der Waals surface area contributed by atoms with E-state index < -0.39 is 0 Å². The maximum absolute atomic E-state index is 12.4. The van der Waals surface area contributed by atoms with Crippen molar-refractivity contribution >= 4 is 17.5 Å². The fourth-order valence-electron chi connectivity index (χ4n) is 2.22. The van der Waals surface area contributed by atoms with E-state index in [1.165, 1.54) is 0 Å². The van der Waals surface area contributed by atoms with Gasteiger partial charge in [-0.05, 0) is 70.2 Å². The molecule has 0 saturated heterocycles. The summed E-state index contributed by atoms with van der Waals surface area (Å²) in [4.78, 5) is 24.6. The smallest absolute Gasteiger partial charge is 0.255 e. The van der Waals surface area contributed by atoms with Gasteiger partial charge in [-0.2, -0.15) is 0 Å². The van der Waals surface area contributed by atoms with Crippen molar-refractivity contribution in [3.63, 3.8) is 0 Å². The third-order valence-electron chi connectivity index (χ3n) is 3.30. The van der Waals surface area contributed by atoms with Crippen LogP contribution in [0.25, 0.3) is 0 Å². The lowest BCUT2D eigenvalue weighted by Crippen LogP contribution is -2.40. The Hall–Kier alpha value is -2.82. The molecule has 0 heterocycles. The van der Waals surface area contributed by atoms with E-state index in [-0.39, 0.29) is 17.4 Å². The SMILES string of the molecule is CCOc1ccc(NC(=O)c2cccc(C(=O)NC(C)(C)C)c2)cc1. The van der Waals surface area contributed by atoms with E-state index in [9.17, 15) is 9.59 Å². The normalized spacial score (nSPS) is 10.9. The molecule has 0 aliphatic carbocycles. The van der Waals surface area contributed by atoms with Crippen LogP contribution < -0.4 is 15.4 Å². The Morgan fingerprint density at radius 1 is 0.960 bits per heavy atom. The van der Waals surface area contributed by atoms with Crippen molar-refractivity contribution in [1.82, 2.24) is 5.32 Å². The second kappa shape index (κ2) is 7.83. The van der Waals surface area contributed by atoms with Crippen LogP contribution in [0.4, 0.5) is 5.69 Å². The van der Waals surface area contributed by atoms with Gasteiger partial charge in [0.2, 0.25) is 0 Å². The number of carbonyl (C=O) groups is 2. The lowest BCUT2D eigenvalue weighted by Gasteiger charge is -2.20. The van der Waals surface area contributed by atoms with E-state index >= 15 is 0 Å². The number of benzene rings is 2. The molecule has 0 aliphatic rings. The number of carbonyl (C=O) groups excluding carboxylic acids is 2. The number of anilines is 1. The van der Waals surface area contributed by atoms with Crippen molar-refractivity contribution in [2.24, 2.45) is 0 Å². The summed E-state index contributed by atoms with van der Waals surface area (Å²) in [6, 6.07) is 13.8. The molecule has 2 aromatic rings. The molecule has 0 fully saturated rings. The zero-order chi connectivity index (χ0) is 18.4. The Balaban J connectivity index is 2.09. The van der Waals surface area contributed by atoms with E-state index in [0.717, 1.165) is 5.75 Å². The predicted octanol–water partition coefficient (Wildman–Crippen LogP) is 3.87. The molecule has 0 aromatic heterocycles. The molecule has 0 spiro atoms. The summed E-state index contributed by atoms with van der Waals surface area (Å²) in [5.74, 6) is 0.277. The van der Waals surface area contributed by atoms with Gasteiger partial charge in [-0.3, -0.25) is 9.59 Å². The van der Waals surface area contributed by atoms with E-state index in [4.69, 9.17) is 4.74 Å². The number of hydrogen-bond donors (Lipinski definition) is 2. The first kappa shape index (κ1) is 18.5. The molecule has 0 bridgehead atoms. The summed E-state index contributed by atoms with van der Waals surface area (Å²) in [5.41, 5.74) is 1.21. The summed E-state index contributed by atoms with van der Waals surface area (Å²) >= 11 is 0. The maximum atomic E-state index is 12.4. The van der Waals surface area contributed by atoms with Gasteiger partial charge in [0.1, 0.15) is 5.75 Å². The molecule has 5 heteroatoms. The van der Waals surface area contributed by atoms with Gasteiger partial charge >= 0.3 is 0 Å².